The number of nitrogens with zero attached hydrogens (tertiary/aromatic N) is 2. The number of anilines is 1. The van der Waals surface area contributed by atoms with Gasteiger partial charge in [-0.25, -0.2) is 5.43 Å². The molecule has 7 nitrogen and oxygen atoms in total. The van der Waals surface area contributed by atoms with Crippen molar-refractivity contribution < 1.29 is 14.3 Å². The van der Waals surface area contributed by atoms with Gasteiger partial charge in [0.1, 0.15) is 18.3 Å². The molecule has 1 saturated heterocycles. The summed E-state index contributed by atoms with van der Waals surface area (Å²) in [5, 5.41) is 5.18. The fourth-order valence-electron chi connectivity index (χ4n) is 3.51. The van der Waals surface area contributed by atoms with Crippen molar-refractivity contribution in [2.45, 2.75) is 18.5 Å². The maximum Gasteiger partial charge on any atom is 0.251 e. The van der Waals surface area contributed by atoms with E-state index in [-0.39, 0.29) is 30.4 Å². The number of amides is 2. The van der Waals surface area contributed by atoms with Crippen molar-refractivity contribution in [1.29, 1.82) is 0 Å². The zero-order valence-corrected chi connectivity index (χ0v) is 16.6. The van der Waals surface area contributed by atoms with E-state index < -0.39 is 0 Å². The van der Waals surface area contributed by atoms with Crippen LogP contribution in [-0.4, -0.2) is 41.4 Å². The predicted molar refractivity (Wildman–Crippen MR) is 110 cm³/mol. The average molecular weight is 413 g/mol. The predicted octanol–water partition coefficient (Wildman–Crippen LogP) is 2.92. The standard InChI is InChI=1S/C21H21ClN4O3/c1-29-17-8-2-14(3-9-17)18-12-19-21(28)25(10-11-26(19)24-18)13-20(27)23-16-6-4-15(22)5-7-16/h2-11,18-19,24H,12-13H2,1H3,(H,23,27). The molecule has 0 aliphatic carbocycles. The fraction of sp³-hybridized carbons (Fsp3) is 0.238. The van der Waals surface area contributed by atoms with Crippen molar-refractivity contribution >= 4 is 29.1 Å². The summed E-state index contributed by atoms with van der Waals surface area (Å²) < 4.78 is 5.20. The molecular formula is C21H21ClN4O3. The van der Waals surface area contributed by atoms with E-state index >= 15 is 0 Å². The van der Waals surface area contributed by atoms with Gasteiger partial charge >= 0.3 is 0 Å². The van der Waals surface area contributed by atoms with Crippen molar-refractivity contribution in [3.05, 3.63) is 71.5 Å². The minimum absolute atomic E-state index is 0.0161. The van der Waals surface area contributed by atoms with Gasteiger partial charge in [0.05, 0.1) is 13.2 Å². The van der Waals surface area contributed by atoms with Crippen LogP contribution in [0.5, 0.6) is 5.75 Å². The molecule has 2 amide bonds. The largest absolute Gasteiger partial charge is 0.497 e. The van der Waals surface area contributed by atoms with Crippen LogP contribution in [0.2, 0.25) is 5.02 Å². The van der Waals surface area contributed by atoms with Crippen LogP contribution in [0.25, 0.3) is 0 Å². The molecule has 2 aliphatic heterocycles. The van der Waals surface area contributed by atoms with Crippen LogP contribution in [0.15, 0.2) is 60.9 Å². The maximum atomic E-state index is 12.9. The number of halogens is 1. The number of hydrogen-bond acceptors (Lipinski definition) is 5. The van der Waals surface area contributed by atoms with Gasteiger partial charge < -0.3 is 20.0 Å². The highest BCUT2D eigenvalue weighted by atomic mass is 35.5. The SMILES string of the molecule is COc1ccc(C2CC3C(=O)N(CC(=O)Nc4ccc(Cl)cc4)C=CN3N2)cc1. The minimum atomic E-state index is -0.351. The van der Waals surface area contributed by atoms with E-state index in [1.165, 1.54) is 4.90 Å². The topological polar surface area (TPSA) is 73.9 Å². The number of carbonyl (C=O) groups excluding carboxylic acids is 2. The lowest BCUT2D eigenvalue weighted by Crippen LogP contribution is -2.49. The number of benzene rings is 2. The van der Waals surface area contributed by atoms with E-state index in [4.69, 9.17) is 16.3 Å². The second-order valence-corrected chi connectivity index (χ2v) is 7.37. The molecule has 29 heavy (non-hydrogen) atoms. The van der Waals surface area contributed by atoms with Crippen LogP contribution >= 0.6 is 11.6 Å². The molecule has 2 aliphatic rings. The van der Waals surface area contributed by atoms with Gasteiger partial charge in [0, 0.05) is 23.1 Å². The summed E-state index contributed by atoms with van der Waals surface area (Å²) in [6.07, 6.45) is 4.04. The van der Waals surface area contributed by atoms with Crippen molar-refractivity contribution in [1.82, 2.24) is 15.3 Å². The van der Waals surface area contributed by atoms with E-state index in [1.54, 1.807) is 43.8 Å². The molecule has 2 aromatic carbocycles. The Hall–Kier alpha value is -3.03. The molecule has 2 aromatic rings. The summed E-state index contributed by atoms with van der Waals surface area (Å²) in [4.78, 5) is 26.7. The Kier molecular flexibility index (Phi) is 5.42. The van der Waals surface area contributed by atoms with Gasteiger partial charge in [-0.05, 0) is 48.4 Å². The second kappa shape index (κ2) is 8.14. The van der Waals surface area contributed by atoms with Crippen molar-refractivity contribution in [2.75, 3.05) is 19.0 Å². The van der Waals surface area contributed by atoms with Gasteiger partial charge in [0.2, 0.25) is 5.91 Å². The van der Waals surface area contributed by atoms with Crippen molar-refractivity contribution in [3.63, 3.8) is 0 Å². The lowest BCUT2D eigenvalue weighted by atomic mass is 10.0. The normalized spacial score (nSPS) is 20.6. The summed E-state index contributed by atoms with van der Waals surface area (Å²) >= 11 is 5.85. The van der Waals surface area contributed by atoms with Gasteiger partial charge in [-0.3, -0.25) is 9.59 Å². The highest BCUT2D eigenvalue weighted by Gasteiger charge is 2.40. The van der Waals surface area contributed by atoms with Gasteiger partial charge in [0.25, 0.3) is 5.91 Å². The molecule has 4 rings (SSSR count). The monoisotopic (exact) mass is 412 g/mol. The third kappa shape index (κ3) is 4.21. The number of hydrogen-bond donors (Lipinski definition) is 2. The lowest BCUT2D eigenvalue weighted by Gasteiger charge is -2.31. The molecular weight excluding hydrogens is 392 g/mol. The van der Waals surface area contributed by atoms with Gasteiger partial charge in [-0.1, -0.05) is 23.7 Å². The van der Waals surface area contributed by atoms with E-state index in [0.717, 1.165) is 11.3 Å². The number of nitrogens with one attached hydrogen (secondary N) is 2. The van der Waals surface area contributed by atoms with Crippen LogP contribution in [0.3, 0.4) is 0 Å². The average Bonchev–Trinajstić information content (AvgIpc) is 3.17. The van der Waals surface area contributed by atoms with Gasteiger partial charge in [0.15, 0.2) is 0 Å². The van der Waals surface area contributed by atoms with Crippen LogP contribution < -0.4 is 15.5 Å². The van der Waals surface area contributed by atoms with Crippen LogP contribution in [0.1, 0.15) is 18.0 Å². The van der Waals surface area contributed by atoms with Crippen molar-refractivity contribution in [3.8, 4) is 5.75 Å². The highest BCUT2D eigenvalue weighted by molar-refractivity contribution is 6.30. The zero-order valence-electron chi connectivity index (χ0n) is 15.8. The molecule has 2 heterocycles. The summed E-state index contributed by atoms with van der Waals surface area (Å²) in [5.41, 5.74) is 5.05. The molecule has 2 atom stereocenters. The van der Waals surface area contributed by atoms with E-state index in [0.29, 0.717) is 17.1 Å². The fourth-order valence-corrected chi connectivity index (χ4v) is 3.64. The van der Waals surface area contributed by atoms with Crippen LogP contribution in [-0.2, 0) is 9.59 Å². The molecule has 150 valence electrons. The third-order valence-corrected chi connectivity index (χ3v) is 5.29. The van der Waals surface area contributed by atoms with Gasteiger partial charge in [-0.15, -0.1) is 0 Å². The first-order valence-corrected chi connectivity index (χ1v) is 9.64. The molecule has 1 fully saturated rings. The number of hydrazine groups is 1. The number of rotatable bonds is 5. The summed E-state index contributed by atoms with van der Waals surface area (Å²) in [6, 6.07) is 14.3. The minimum Gasteiger partial charge on any atom is -0.497 e. The lowest BCUT2D eigenvalue weighted by molar-refractivity contribution is -0.137. The Morgan fingerprint density at radius 3 is 2.59 bits per heavy atom. The number of carbonyl (C=O) groups is 2. The van der Waals surface area contributed by atoms with E-state index in [9.17, 15) is 9.59 Å². The Labute approximate surface area is 173 Å². The second-order valence-electron chi connectivity index (χ2n) is 6.93. The Balaban J connectivity index is 1.38. The molecule has 0 aromatic heterocycles. The van der Waals surface area contributed by atoms with Crippen LogP contribution in [0.4, 0.5) is 5.69 Å². The molecule has 0 radical (unpaired) electrons. The Bertz CT molecular complexity index is 930. The molecule has 0 bridgehead atoms. The highest BCUT2D eigenvalue weighted by Crippen LogP contribution is 2.31. The first-order valence-electron chi connectivity index (χ1n) is 9.26. The first-order chi connectivity index (χ1) is 14.0. The van der Waals surface area contributed by atoms with Crippen LogP contribution in [0, 0.1) is 0 Å². The molecule has 2 N–H and O–H groups in total. The first kappa shape index (κ1) is 19.3. The number of fused-ring (bicyclic) bond motifs is 1. The Morgan fingerprint density at radius 2 is 1.90 bits per heavy atom. The molecule has 2 unspecified atom stereocenters. The summed E-state index contributed by atoms with van der Waals surface area (Å²) in [6.45, 7) is -0.0461. The number of ether oxygens (including phenoxy) is 1. The molecule has 0 saturated carbocycles. The quantitative estimate of drug-likeness (QED) is 0.789. The maximum absolute atomic E-state index is 12.9. The zero-order chi connectivity index (χ0) is 20.4. The summed E-state index contributed by atoms with van der Waals surface area (Å²) in [7, 11) is 1.63. The van der Waals surface area contributed by atoms with Crippen molar-refractivity contribution in [2.24, 2.45) is 0 Å². The third-order valence-electron chi connectivity index (χ3n) is 5.04. The Morgan fingerprint density at radius 1 is 1.17 bits per heavy atom. The number of methoxy groups -OCH3 is 1. The van der Waals surface area contributed by atoms with E-state index in [1.807, 2.05) is 29.3 Å². The molecule has 0 spiro atoms. The molecule has 8 heteroatoms. The van der Waals surface area contributed by atoms with Gasteiger partial charge in [-0.2, -0.15) is 0 Å². The van der Waals surface area contributed by atoms with E-state index in [2.05, 4.69) is 10.7 Å². The smallest absolute Gasteiger partial charge is 0.251 e. The summed E-state index contributed by atoms with van der Waals surface area (Å²) in [5.74, 6) is 0.414.